The normalized spacial score (nSPS) is 20.0. The molecule has 0 unspecified atom stereocenters. The van der Waals surface area contributed by atoms with Crippen molar-refractivity contribution in [2.45, 2.75) is 38.7 Å². The van der Waals surface area contributed by atoms with Crippen molar-refractivity contribution in [2.24, 2.45) is 0 Å². The summed E-state index contributed by atoms with van der Waals surface area (Å²) in [7, 11) is 0. The van der Waals surface area contributed by atoms with E-state index in [0.717, 1.165) is 5.56 Å². The van der Waals surface area contributed by atoms with Gasteiger partial charge in [0.2, 0.25) is 17.7 Å². The molecule has 7 heteroatoms. The van der Waals surface area contributed by atoms with Crippen LogP contribution in [0.2, 0.25) is 0 Å². The second-order valence-electron chi connectivity index (χ2n) is 6.06. The van der Waals surface area contributed by atoms with Gasteiger partial charge in [-0.05, 0) is 29.3 Å². The van der Waals surface area contributed by atoms with Crippen LogP contribution in [0.1, 0.15) is 56.1 Å². The molecule has 0 radical (unpaired) electrons. The highest BCUT2D eigenvalue weighted by molar-refractivity contribution is 7.08. The Balaban J connectivity index is 1.69. The summed E-state index contributed by atoms with van der Waals surface area (Å²) in [6.45, 7) is 7.46. The Hall–Kier alpha value is -1.73. The first-order valence-electron chi connectivity index (χ1n) is 7.82. The van der Waals surface area contributed by atoms with E-state index in [4.69, 9.17) is 9.15 Å². The summed E-state index contributed by atoms with van der Waals surface area (Å²) in [5.74, 6) is 1.19. The first-order valence-corrected chi connectivity index (χ1v) is 8.76. The van der Waals surface area contributed by atoms with Crippen molar-refractivity contribution in [1.29, 1.82) is 0 Å². The van der Waals surface area contributed by atoms with Gasteiger partial charge in [0, 0.05) is 12.5 Å². The molecule has 0 bridgehead atoms. The third-order valence-electron chi connectivity index (χ3n) is 4.02. The first kappa shape index (κ1) is 16.1. The summed E-state index contributed by atoms with van der Waals surface area (Å²) in [6, 6.07) is 2.00. The molecule has 0 saturated carbocycles. The van der Waals surface area contributed by atoms with Crippen LogP contribution in [0.15, 0.2) is 21.2 Å². The van der Waals surface area contributed by atoms with Crippen LogP contribution >= 0.6 is 11.3 Å². The molecule has 124 valence electrons. The fourth-order valence-corrected chi connectivity index (χ4v) is 3.30. The van der Waals surface area contributed by atoms with E-state index in [0.29, 0.717) is 31.5 Å². The maximum atomic E-state index is 12.7. The number of aromatic nitrogens is 2. The van der Waals surface area contributed by atoms with Crippen LogP contribution in [0.25, 0.3) is 0 Å². The van der Waals surface area contributed by atoms with E-state index in [1.165, 1.54) is 0 Å². The van der Waals surface area contributed by atoms with Crippen LogP contribution in [-0.2, 0) is 9.53 Å². The Morgan fingerprint density at radius 1 is 1.39 bits per heavy atom. The summed E-state index contributed by atoms with van der Waals surface area (Å²) < 4.78 is 11.4. The van der Waals surface area contributed by atoms with Gasteiger partial charge in [-0.1, -0.05) is 13.8 Å². The molecule has 1 aliphatic rings. The van der Waals surface area contributed by atoms with Gasteiger partial charge in [-0.3, -0.25) is 4.79 Å². The number of carbonyl (C=O) groups excluding carboxylic acids is 1. The Bertz CT molecular complexity index is 653. The van der Waals surface area contributed by atoms with Gasteiger partial charge in [-0.15, -0.1) is 10.2 Å². The average molecular weight is 335 g/mol. The van der Waals surface area contributed by atoms with Gasteiger partial charge in [-0.2, -0.15) is 11.3 Å². The maximum absolute atomic E-state index is 12.7. The molecule has 1 fully saturated rings. The van der Waals surface area contributed by atoms with Gasteiger partial charge in [0.25, 0.3) is 0 Å². The van der Waals surface area contributed by atoms with Crippen molar-refractivity contribution in [3.63, 3.8) is 0 Å². The Labute approximate surface area is 139 Å². The van der Waals surface area contributed by atoms with Crippen LogP contribution < -0.4 is 0 Å². The minimum absolute atomic E-state index is 0.111. The van der Waals surface area contributed by atoms with E-state index in [2.05, 4.69) is 10.2 Å². The lowest BCUT2D eigenvalue weighted by atomic mass is 10.0. The Morgan fingerprint density at radius 2 is 2.22 bits per heavy atom. The molecule has 1 amide bonds. The number of hydrogen-bond donors (Lipinski definition) is 0. The molecule has 1 saturated heterocycles. The van der Waals surface area contributed by atoms with Gasteiger partial charge in [0.15, 0.2) is 6.10 Å². The number of ether oxygens (including phenoxy) is 1. The lowest BCUT2D eigenvalue weighted by molar-refractivity contribution is -0.141. The number of morpholine rings is 1. The molecular formula is C16H21N3O3S. The smallest absolute Gasteiger partial charge is 0.247 e. The highest BCUT2D eigenvalue weighted by Gasteiger charge is 2.31. The zero-order valence-electron chi connectivity index (χ0n) is 13.6. The summed E-state index contributed by atoms with van der Waals surface area (Å²) in [6.07, 6.45) is -0.345. The largest absolute Gasteiger partial charge is 0.422 e. The highest BCUT2D eigenvalue weighted by Crippen LogP contribution is 2.26. The minimum Gasteiger partial charge on any atom is -0.422 e. The van der Waals surface area contributed by atoms with E-state index in [9.17, 15) is 4.79 Å². The van der Waals surface area contributed by atoms with Crippen molar-refractivity contribution < 1.29 is 13.9 Å². The molecule has 6 nitrogen and oxygen atoms in total. The monoisotopic (exact) mass is 335 g/mol. The summed E-state index contributed by atoms with van der Waals surface area (Å²) in [5, 5.41) is 12.1. The first-order chi connectivity index (χ1) is 11.1. The third-order valence-corrected chi connectivity index (χ3v) is 4.72. The lowest BCUT2D eigenvalue weighted by Crippen LogP contribution is -2.44. The van der Waals surface area contributed by atoms with Crippen LogP contribution in [0.5, 0.6) is 0 Å². The minimum atomic E-state index is -0.345. The van der Waals surface area contributed by atoms with E-state index >= 15 is 0 Å². The van der Waals surface area contributed by atoms with Crippen molar-refractivity contribution >= 4 is 17.2 Å². The zero-order valence-corrected chi connectivity index (χ0v) is 14.4. The molecule has 0 aromatic carbocycles. The van der Waals surface area contributed by atoms with Gasteiger partial charge < -0.3 is 14.1 Å². The molecule has 1 aliphatic heterocycles. The lowest BCUT2D eigenvalue weighted by Gasteiger charge is -2.33. The van der Waals surface area contributed by atoms with Crippen molar-refractivity contribution in [3.8, 4) is 0 Å². The predicted molar refractivity (Wildman–Crippen MR) is 86.4 cm³/mol. The zero-order chi connectivity index (χ0) is 16.4. The topological polar surface area (TPSA) is 68.5 Å². The fourth-order valence-electron chi connectivity index (χ4n) is 2.55. The molecule has 0 N–H and O–H groups in total. The number of nitrogens with zero attached hydrogens (tertiary/aromatic N) is 3. The molecule has 2 aromatic rings. The van der Waals surface area contributed by atoms with Crippen LogP contribution in [0, 0.1) is 0 Å². The number of carbonyl (C=O) groups is 1. The quantitative estimate of drug-likeness (QED) is 0.859. The number of hydrogen-bond acceptors (Lipinski definition) is 6. The molecule has 3 heterocycles. The predicted octanol–water partition coefficient (Wildman–Crippen LogP) is 2.96. The van der Waals surface area contributed by atoms with E-state index < -0.39 is 0 Å². The van der Waals surface area contributed by atoms with Gasteiger partial charge in [-0.25, -0.2) is 0 Å². The van der Waals surface area contributed by atoms with Gasteiger partial charge in [0.1, 0.15) is 0 Å². The molecule has 0 aliphatic carbocycles. The standard InChI is InChI=1S/C16H21N3O3S/c1-10(2)14-17-18-15(22-14)13-8-19(5-6-21-13)16(20)11(3)12-4-7-23-9-12/h4,7,9-11,13H,5-6,8H2,1-3H3/t11-,13-/m0/s1. The molecular weight excluding hydrogens is 314 g/mol. The fraction of sp³-hybridized carbons (Fsp3) is 0.562. The molecule has 3 rings (SSSR count). The van der Waals surface area contributed by atoms with Crippen molar-refractivity contribution in [1.82, 2.24) is 15.1 Å². The van der Waals surface area contributed by atoms with E-state index in [1.807, 2.05) is 42.5 Å². The summed E-state index contributed by atoms with van der Waals surface area (Å²) in [5.41, 5.74) is 1.06. The molecule has 2 aromatic heterocycles. The Kier molecular flexibility index (Phi) is 4.77. The third kappa shape index (κ3) is 3.45. The second-order valence-corrected chi connectivity index (χ2v) is 6.84. The molecule has 2 atom stereocenters. The van der Waals surface area contributed by atoms with Gasteiger partial charge >= 0.3 is 0 Å². The number of rotatable bonds is 4. The van der Waals surface area contributed by atoms with Crippen molar-refractivity contribution in [3.05, 3.63) is 34.2 Å². The maximum Gasteiger partial charge on any atom is 0.247 e. The number of amides is 1. The van der Waals surface area contributed by atoms with E-state index in [1.54, 1.807) is 11.3 Å². The molecule has 23 heavy (non-hydrogen) atoms. The van der Waals surface area contributed by atoms with Crippen molar-refractivity contribution in [2.75, 3.05) is 19.7 Å². The molecule has 0 spiro atoms. The summed E-state index contributed by atoms with van der Waals surface area (Å²) in [4.78, 5) is 14.5. The highest BCUT2D eigenvalue weighted by atomic mass is 32.1. The second kappa shape index (κ2) is 6.80. The Morgan fingerprint density at radius 3 is 2.87 bits per heavy atom. The van der Waals surface area contributed by atoms with Crippen LogP contribution in [0.3, 0.4) is 0 Å². The van der Waals surface area contributed by atoms with Crippen LogP contribution in [-0.4, -0.2) is 40.7 Å². The van der Waals surface area contributed by atoms with E-state index in [-0.39, 0.29) is 23.8 Å². The average Bonchev–Trinajstić information content (AvgIpc) is 3.25. The number of thiophene rings is 1. The summed E-state index contributed by atoms with van der Waals surface area (Å²) >= 11 is 1.61. The SMILES string of the molecule is CC(C)c1nnc([C@@H]2CN(C(=O)[C@@H](C)c3ccsc3)CCO2)o1. The van der Waals surface area contributed by atoms with Crippen LogP contribution in [0.4, 0.5) is 0 Å². The van der Waals surface area contributed by atoms with Gasteiger partial charge in [0.05, 0.1) is 19.1 Å².